The highest BCUT2D eigenvalue weighted by molar-refractivity contribution is 5.83. The summed E-state index contributed by atoms with van der Waals surface area (Å²) in [6, 6.07) is -0.0905. The molecule has 2 N–H and O–H groups in total. The molecule has 0 spiro atoms. The van der Waals surface area contributed by atoms with Crippen molar-refractivity contribution in [2.75, 3.05) is 26.2 Å². The minimum Gasteiger partial charge on any atom is -0.354 e. The second-order valence-corrected chi connectivity index (χ2v) is 5.24. The Hall–Kier alpha value is -1.10. The first-order valence-electron chi connectivity index (χ1n) is 7.37. The summed E-state index contributed by atoms with van der Waals surface area (Å²) < 4.78 is 0. The summed E-state index contributed by atoms with van der Waals surface area (Å²) in [4.78, 5) is 25.5. The summed E-state index contributed by atoms with van der Waals surface area (Å²) in [6.45, 7) is 8.89. The van der Waals surface area contributed by atoms with Crippen molar-refractivity contribution in [3.63, 3.8) is 0 Å². The van der Waals surface area contributed by atoms with Gasteiger partial charge in [-0.3, -0.25) is 9.59 Å². The average molecular weight is 269 g/mol. The average Bonchev–Trinajstić information content (AvgIpc) is 2.40. The van der Waals surface area contributed by atoms with E-state index in [-0.39, 0.29) is 17.9 Å². The van der Waals surface area contributed by atoms with E-state index >= 15 is 0 Å². The van der Waals surface area contributed by atoms with Gasteiger partial charge in [0, 0.05) is 26.1 Å². The zero-order valence-electron chi connectivity index (χ0n) is 12.4. The lowest BCUT2D eigenvalue weighted by Crippen LogP contribution is -2.49. The molecule has 5 nitrogen and oxygen atoms in total. The number of nitrogens with zero attached hydrogens (tertiary/aromatic N) is 1. The van der Waals surface area contributed by atoms with Gasteiger partial charge in [-0.05, 0) is 39.2 Å². The molecule has 2 amide bonds. The first-order valence-corrected chi connectivity index (χ1v) is 7.37. The van der Waals surface area contributed by atoms with Crippen molar-refractivity contribution in [3.8, 4) is 0 Å². The predicted molar refractivity (Wildman–Crippen MR) is 75.7 cm³/mol. The standard InChI is InChI=1S/C14H27N3O2/c1-4-17(5-2)13(18)7-9-16-14(19)12-10-11(3)6-8-15-12/h11-12,15H,4-10H2,1-3H3,(H,16,19). The molecular formula is C14H27N3O2. The first kappa shape index (κ1) is 16.0. The fourth-order valence-electron chi connectivity index (χ4n) is 2.46. The van der Waals surface area contributed by atoms with Crippen molar-refractivity contribution in [3.05, 3.63) is 0 Å². The van der Waals surface area contributed by atoms with Gasteiger partial charge < -0.3 is 15.5 Å². The molecule has 0 aliphatic carbocycles. The Morgan fingerprint density at radius 1 is 1.32 bits per heavy atom. The quantitative estimate of drug-likeness (QED) is 0.748. The lowest BCUT2D eigenvalue weighted by molar-refractivity contribution is -0.130. The van der Waals surface area contributed by atoms with Crippen LogP contribution in [0.1, 0.15) is 40.0 Å². The molecule has 0 aromatic rings. The van der Waals surface area contributed by atoms with Gasteiger partial charge in [-0.1, -0.05) is 6.92 Å². The molecule has 2 unspecified atom stereocenters. The molecule has 110 valence electrons. The number of nitrogens with one attached hydrogen (secondary N) is 2. The smallest absolute Gasteiger partial charge is 0.237 e. The topological polar surface area (TPSA) is 61.4 Å². The van der Waals surface area contributed by atoms with Crippen molar-refractivity contribution >= 4 is 11.8 Å². The Bertz CT molecular complexity index is 303. The lowest BCUT2D eigenvalue weighted by atomic mass is 9.94. The van der Waals surface area contributed by atoms with Gasteiger partial charge in [0.05, 0.1) is 6.04 Å². The Balaban J connectivity index is 2.25. The maximum absolute atomic E-state index is 11.9. The number of hydrogen-bond acceptors (Lipinski definition) is 3. The van der Waals surface area contributed by atoms with E-state index in [1.165, 1.54) is 0 Å². The van der Waals surface area contributed by atoms with Crippen LogP contribution in [0.25, 0.3) is 0 Å². The number of carbonyl (C=O) groups excluding carboxylic acids is 2. The van der Waals surface area contributed by atoms with Crippen LogP contribution in [-0.2, 0) is 9.59 Å². The Kier molecular flexibility index (Phi) is 6.84. The van der Waals surface area contributed by atoms with Crippen molar-refractivity contribution in [2.24, 2.45) is 5.92 Å². The fourth-order valence-corrected chi connectivity index (χ4v) is 2.46. The van der Waals surface area contributed by atoms with Crippen LogP contribution in [0.5, 0.6) is 0 Å². The summed E-state index contributed by atoms with van der Waals surface area (Å²) in [7, 11) is 0. The van der Waals surface area contributed by atoms with Crippen LogP contribution in [0.15, 0.2) is 0 Å². The minimum atomic E-state index is -0.0905. The van der Waals surface area contributed by atoms with E-state index < -0.39 is 0 Å². The number of rotatable bonds is 6. The van der Waals surface area contributed by atoms with E-state index in [2.05, 4.69) is 17.6 Å². The fraction of sp³-hybridized carbons (Fsp3) is 0.857. The molecule has 1 rings (SSSR count). The van der Waals surface area contributed by atoms with Crippen molar-refractivity contribution in [2.45, 2.75) is 46.1 Å². The van der Waals surface area contributed by atoms with Crippen LogP contribution in [0, 0.1) is 5.92 Å². The molecule has 1 aliphatic heterocycles. The highest BCUT2D eigenvalue weighted by Gasteiger charge is 2.24. The van der Waals surface area contributed by atoms with Crippen molar-refractivity contribution < 1.29 is 9.59 Å². The molecule has 0 bridgehead atoms. The number of hydrogen-bond donors (Lipinski definition) is 2. The van der Waals surface area contributed by atoms with E-state index in [0.29, 0.717) is 18.9 Å². The Labute approximate surface area is 116 Å². The molecule has 1 aliphatic rings. The molecule has 1 fully saturated rings. The van der Waals surface area contributed by atoms with E-state index in [0.717, 1.165) is 32.5 Å². The summed E-state index contributed by atoms with van der Waals surface area (Å²) in [5.41, 5.74) is 0. The first-order chi connectivity index (χ1) is 9.08. The lowest BCUT2D eigenvalue weighted by Gasteiger charge is -2.27. The number of piperidine rings is 1. The normalized spacial score (nSPS) is 22.9. The van der Waals surface area contributed by atoms with Gasteiger partial charge in [0.25, 0.3) is 0 Å². The van der Waals surface area contributed by atoms with E-state index in [4.69, 9.17) is 0 Å². The third-order valence-electron chi connectivity index (χ3n) is 3.74. The van der Waals surface area contributed by atoms with Crippen molar-refractivity contribution in [1.82, 2.24) is 15.5 Å². The molecule has 0 aromatic heterocycles. The van der Waals surface area contributed by atoms with Gasteiger partial charge in [-0.2, -0.15) is 0 Å². The van der Waals surface area contributed by atoms with E-state index in [1.807, 2.05) is 13.8 Å². The molecular weight excluding hydrogens is 242 g/mol. The van der Waals surface area contributed by atoms with Gasteiger partial charge in [0.15, 0.2) is 0 Å². The molecule has 2 atom stereocenters. The summed E-state index contributed by atoms with van der Waals surface area (Å²) in [5, 5.41) is 6.08. The van der Waals surface area contributed by atoms with E-state index in [1.54, 1.807) is 4.90 Å². The van der Waals surface area contributed by atoms with Gasteiger partial charge in [-0.25, -0.2) is 0 Å². The van der Waals surface area contributed by atoms with Gasteiger partial charge in [0.2, 0.25) is 11.8 Å². The van der Waals surface area contributed by atoms with Crippen molar-refractivity contribution in [1.29, 1.82) is 0 Å². The minimum absolute atomic E-state index is 0.0268. The van der Waals surface area contributed by atoms with Crippen LogP contribution >= 0.6 is 0 Å². The van der Waals surface area contributed by atoms with Crippen LogP contribution < -0.4 is 10.6 Å². The second-order valence-electron chi connectivity index (χ2n) is 5.24. The Morgan fingerprint density at radius 3 is 2.58 bits per heavy atom. The largest absolute Gasteiger partial charge is 0.354 e. The molecule has 1 saturated heterocycles. The highest BCUT2D eigenvalue weighted by Crippen LogP contribution is 2.14. The van der Waals surface area contributed by atoms with Crippen LogP contribution in [-0.4, -0.2) is 48.9 Å². The van der Waals surface area contributed by atoms with Gasteiger partial charge in [0.1, 0.15) is 0 Å². The second kappa shape index (κ2) is 8.15. The molecule has 19 heavy (non-hydrogen) atoms. The Morgan fingerprint density at radius 2 is 2.00 bits per heavy atom. The molecule has 0 aromatic carbocycles. The molecule has 5 heteroatoms. The summed E-state index contributed by atoms with van der Waals surface area (Å²) >= 11 is 0. The van der Waals surface area contributed by atoms with Crippen LogP contribution in [0.3, 0.4) is 0 Å². The SMILES string of the molecule is CCN(CC)C(=O)CCNC(=O)C1CC(C)CCN1. The zero-order chi connectivity index (χ0) is 14.3. The monoisotopic (exact) mass is 269 g/mol. The van der Waals surface area contributed by atoms with E-state index in [9.17, 15) is 9.59 Å². The van der Waals surface area contributed by atoms with Crippen LogP contribution in [0.2, 0.25) is 0 Å². The summed E-state index contributed by atoms with van der Waals surface area (Å²) in [6.07, 6.45) is 2.40. The highest BCUT2D eigenvalue weighted by atomic mass is 16.2. The molecule has 0 saturated carbocycles. The zero-order valence-corrected chi connectivity index (χ0v) is 12.4. The maximum atomic E-state index is 11.9. The van der Waals surface area contributed by atoms with Gasteiger partial charge in [-0.15, -0.1) is 0 Å². The predicted octanol–water partition coefficient (Wildman–Crippen LogP) is 0.749. The third-order valence-corrected chi connectivity index (χ3v) is 3.74. The van der Waals surface area contributed by atoms with Gasteiger partial charge >= 0.3 is 0 Å². The molecule has 0 radical (unpaired) electrons. The maximum Gasteiger partial charge on any atom is 0.237 e. The summed E-state index contributed by atoms with van der Waals surface area (Å²) in [5.74, 6) is 0.725. The molecule has 1 heterocycles. The number of carbonyl (C=O) groups is 2. The number of amides is 2. The van der Waals surface area contributed by atoms with Crippen LogP contribution in [0.4, 0.5) is 0 Å². The third kappa shape index (κ3) is 5.19.